The van der Waals surface area contributed by atoms with Crippen LogP contribution in [-0.4, -0.2) is 55.4 Å². The molecule has 0 bridgehead atoms. The number of benzene rings is 2. The molecule has 0 amide bonds. The number of aromatic nitrogens is 2. The third-order valence-electron chi connectivity index (χ3n) is 4.76. The van der Waals surface area contributed by atoms with Crippen molar-refractivity contribution in [2.24, 2.45) is 0 Å². The van der Waals surface area contributed by atoms with E-state index in [1.54, 1.807) is 19.2 Å². The van der Waals surface area contributed by atoms with Crippen molar-refractivity contribution >= 4 is 10.9 Å². The summed E-state index contributed by atoms with van der Waals surface area (Å²) in [5.41, 5.74) is 0.339. The summed E-state index contributed by atoms with van der Waals surface area (Å²) < 4.78 is 22.3. The molecular formula is C21H23N3O5. The van der Waals surface area contributed by atoms with Crippen molar-refractivity contribution in [1.82, 2.24) is 14.9 Å². The van der Waals surface area contributed by atoms with Crippen molar-refractivity contribution < 1.29 is 18.9 Å². The first-order chi connectivity index (χ1) is 14.1. The van der Waals surface area contributed by atoms with Gasteiger partial charge in [-0.3, -0.25) is 9.69 Å². The second kappa shape index (κ2) is 8.00. The average Bonchev–Trinajstić information content (AvgIpc) is 2.72. The summed E-state index contributed by atoms with van der Waals surface area (Å²) in [7, 11) is 5.03. The average molecular weight is 397 g/mol. The fourth-order valence-electron chi connectivity index (χ4n) is 3.41. The summed E-state index contributed by atoms with van der Waals surface area (Å²) in [6.07, 6.45) is -0.105. The predicted octanol–water partition coefficient (Wildman–Crippen LogP) is 2.21. The normalized spacial score (nSPS) is 15.5. The molecule has 0 saturated carbocycles. The van der Waals surface area contributed by atoms with E-state index in [1.807, 2.05) is 36.2 Å². The Morgan fingerprint density at radius 1 is 1.17 bits per heavy atom. The van der Waals surface area contributed by atoms with Gasteiger partial charge < -0.3 is 23.9 Å². The highest BCUT2D eigenvalue weighted by Gasteiger charge is 2.22. The maximum Gasteiger partial charge on any atom is 0.258 e. The molecule has 0 saturated heterocycles. The molecule has 1 atom stereocenters. The van der Waals surface area contributed by atoms with E-state index in [2.05, 4.69) is 9.97 Å². The molecule has 3 aromatic rings. The number of fused-ring (bicyclic) bond motifs is 2. The zero-order valence-electron chi connectivity index (χ0n) is 16.6. The van der Waals surface area contributed by atoms with Gasteiger partial charge >= 0.3 is 0 Å². The summed E-state index contributed by atoms with van der Waals surface area (Å²) in [4.78, 5) is 22.0. The number of ether oxygens (including phenoxy) is 4. The Morgan fingerprint density at radius 2 is 1.90 bits per heavy atom. The van der Waals surface area contributed by atoms with Gasteiger partial charge in [0.1, 0.15) is 18.5 Å². The van der Waals surface area contributed by atoms with Crippen LogP contribution in [0.3, 0.4) is 0 Å². The molecular weight excluding hydrogens is 374 g/mol. The van der Waals surface area contributed by atoms with Crippen LogP contribution in [0.2, 0.25) is 0 Å². The number of nitrogens with zero attached hydrogens (tertiary/aromatic N) is 2. The third-order valence-corrected chi connectivity index (χ3v) is 4.76. The van der Waals surface area contributed by atoms with E-state index in [-0.39, 0.29) is 11.7 Å². The van der Waals surface area contributed by atoms with Crippen molar-refractivity contribution in [1.29, 1.82) is 0 Å². The Balaban J connectivity index is 1.49. The minimum absolute atomic E-state index is 0.105. The summed E-state index contributed by atoms with van der Waals surface area (Å²) in [5, 5.41) is 0.453. The molecule has 8 heteroatoms. The lowest BCUT2D eigenvalue weighted by molar-refractivity contribution is 0.0632. The maximum atomic E-state index is 12.5. The van der Waals surface area contributed by atoms with Crippen LogP contribution in [0.4, 0.5) is 0 Å². The lowest BCUT2D eigenvalue weighted by Gasteiger charge is -2.29. The summed E-state index contributed by atoms with van der Waals surface area (Å²) in [6.45, 7) is 1.56. The van der Waals surface area contributed by atoms with Crippen LogP contribution in [0, 0.1) is 0 Å². The topological polar surface area (TPSA) is 85.9 Å². The van der Waals surface area contributed by atoms with Crippen molar-refractivity contribution in [3.8, 4) is 23.0 Å². The van der Waals surface area contributed by atoms with Crippen molar-refractivity contribution in [3.63, 3.8) is 0 Å². The summed E-state index contributed by atoms with van der Waals surface area (Å²) in [6, 6.07) is 11.0. The number of nitrogens with one attached hydrogen (secondary N) is 1. The maximum absolute atomic E-state index is 12.5. The number of hydrogen-bond donors (Lipinski definition) is 1. The first-order valence-corrected chi connectivity index (χ1v) is 9.29. The van der Waals surface area contributed by atoms with Crippen LogP contribution in [0.1, 0.15) is 5.82 Å². The minimum atomic E-state index is -0.217. The molecule has 0 aliphatic carbocycles. The lowest BCUT2D eigenvalue weighted by atomic mass is 10.2. The van der Waals surface area contributed by atoms with Crippen LogP contribution in [0.5, 0.6) is 23.0 Å². The van der Waals surface area contributed by atoms with Crippen LogP contribution < -0.4 is 24.5 Å². The number of H-pyrrole nitrogens is 1. The van der Waals surface area contributed by atoms with Gasteiger partial charge in [-0.15, -0.1) is 0 Å². The van der Waals surface area contributed by atoms with E-state index in [4.69, 9.17) is 18.9 Å². The number of rotatable bonds is 6. The Labute approximate surface area is 168 Å². The second-order valence-corrected chi connectivity index (χ2v) is 6.93. The number of likely N-dealkylation sites (N-methyl/N-ethyl adjacent to an activating group) is 1. The van der Waals surface area contributed by atoms with E-state index in [0.717, 1.165) is 11.5 Å². The SMILES string of the molecule is COc1cc2nc(CN(C)C[C@@H]3COc4ccccc4O3)[nH]c(=O)c2cc1OC. The number of methoxy groups -OCH3 is 2. The fraction of sp³-hybridized carbons (Fsp3) is 0.333. The first-order valence-electron chi connectivity index (χ1n) is 9.29. The Morgan fingerprint density at radius 3 is 2.66 bits per heavy atom. The number of para-hydroxylation sites is 2. The molecule has 4 rings (SSSR count). The zero-order valence-corrected chi connectivity index (χ0v) is 16.6. The molecule has 8 nitrogen and oxygen atoms in total. The minimum Gasteiger partial charge on any atom is -0.493 e. The van der Waals surface area contributed by atoms with Crippen LogP contribution in [0.25, 0.3) is 10.9 Å². The molecule has 0 spiro atoms. The zero-order chi connectivity index (χ0) is 20.4. The van der Waals surface area contributed by atoms with Gasteiger partial charge in [0.25, 0.3) is 5.56 Å². The number of hydrogen-bond acceptors (Lipinski definition) is 7. The largest absolute Gasteiger partial charge is 0.493 e. The molecule has 0 radical (unpaired) electrons. The molecule has 2 aromatic carbocycles. The van der Waals surface area contributed by atoms with Crippen molar-refractivity contribution in [2.45, 2.75) is 12.6 Å². The van der Waals surface area contributed by atoms with Gasteiger partial charge in [-0.2, -0.15) is 0 Å². The van der Waals surface area contributed by atoms with Gasteiger partial charge in [0.2, 0.25) is 0 Å². The highest BCUT2D eigenvalue weighted by atomic mass is 16.6. The van der Waals surface area contributed by atoms with Crippen molar-refractivity contribution in [2.75, 3.05) is 34.4 Å². The highest BCUT2D eigenvalue weighted by molar-refractivity contribution is 5.81. The first kappa shape index (κ1) is 19.1. The third kappa shape index (κ3) is 3.97. The molecule has 2 heterocycles. The van der Waals surface area contributed by atoms with Gasteiger partial charge in [0.15, 0.2) is 23.0 Å². The number of aromatic amines is 1. The predicted molar refractivity (Wildman–Crippen MR) is 108 cm³/mol. The molecule has 29 heavy (non-hydrogen) atoms. The highest BCUT2D eigenvalue weighted by Crippen LogP contribution is 2.31. The van der Waals surface area contributed by atoms with Crippen LogP contribution in [-0.2, 0) is 6.54 Å². The van der Waals surface area contributed by atoms with E-state index in [1.165, 1.54) is 7.11 Å². The van der Waals surface area contributed by atoms with Gasteiger partial charge in [-0.1, -0.05) is 12.1 Å². The quantitative estimate of drug-likeness (QED) is 0.682. The molecule has 1 aliphatic rings. The van der Waals surface area contributed by atoms with E-state index >= 15 is 0 Å². The standard InChI is InChI=1S/C21H23N3O5/c1-24(10-13-12-28-16-6-4-5-7-17(16)29-13)11-20-22-15-9-19(27-3)18(26-2)8-14(15)21(25)23-20/h4-9,13H,10-12H2,1-3H3,(H,22,23,25)/t13-/m1/s1. The van der Waals surface area contributed by atoms with E-state index < -0.39 is 0 Å². The van der Waals surface area contributed by atoms with E-state index in [9.17, 15) is 4.79 Å². The smallest absolute Gasteiger partial charge is 0.258 e. The van der Waals surface area contributed by atoms with Gasteiger partial charge in [-0.25, -0.2) is 4.98 Å². The lowest BCUT2D eigenvalue weighted by Crippen LogP contribution is -2.39. The second-order valence-electron chi connectivity index (χ2n) is 6.93. The summed E-state index contributed by atoms with van der Waals surface area (Å²) >= 11 is 0. The fourth-order valence-corrected chi connectivity index (χ4v) is 3.41. The Bertz CT molecular complexity index is 1080. The van der Waals surface area contributed by atoms with Gasteiger partial charge in [-0.05, 0) is 25.2 Å². The monoisotopic (exact) mass is 397 g/mol. The Hall–Kier alpha value is -3.26. The summed E-state index contributed by atoms with van der Waals surface area (Å²) in [5.74, 6) is 3.09. The van der Waals surface area contributed by atoms with Crippen LogP contribution >= 0.6 is 0 Å². The van der Waals surface area contributed by atoms with E-state index in [0.29, 0.717) is 47.9 Å². The molecule has 1 aliphatic heterocycles. The molecule has 1 N–H and O–H groups in total. The molecule has 1 aromatic heterocycles. The van der Waals surface area contributed by atoms with Crippen LogP contribution in [0.15, 0.2) is 41.2 Å². The Kier molecular flexibility index (Phi) is 5.26. The van der Waals surface area contributed by atoms with Gasteiger partial charge in [0, 0.05) is 12.6 Å². The van der Waals surface area contributed by atoms with Gasteiger partial charge in [0.05, 0.1) is 31.7 Å². The van der Waals surface area contributed by atoms with Crippen molar-refractivity contribution in [3.05, 3.63) is 52.6 Å². The molecule has 152 valence electrons. The molecule has 0 unspecified atom stereocenters. The molecule has 0 fully saturated rings.